The molecule has 0 unspecified atom stereocenters. The van der Waals surface area contributed by atoms with Crippen LogP contribution in [-0.2, 0) is 7.05 Å². The fourth-order valence-corrected chi connectivity index (χ4v) is 4.91. The number of anilines is 2. The summed E-state index contributed by atoms with van der Waals surface area (Å²) in [6.07, 6.45) is 4.15. The highest BCUT2D eigenvalue weighted by atomic mass is 35.5. The third kappa shape index (κ3) is 3.91. The highest BCUT2D eigenvalue weighted by molar-refractivity contribution is 6.30. The van der Waals surface area contributed by atoms with Crippen LogP contribution in [0, 0.1) is 11.8 Å². The molecule has 156 valence electrons. The van der Waals surface area contributed by atoms with Crippen LogP contribution < -0.4 is 15.0 Å². The lowest BCUT2D eigenvalue weighted by Crippen LogP contribution is -2.48. The van der Waals surface area contributed by atoms with Crippen LogP contribution in [0.4, 0.5) is 11.6 Å². The van der Waals surface area contributed by atoms with Crippen molar-refractivity contribution < 1.29 is 4.74 Å². The van der Waals surface area contributed by atoms with Crippen molar-refractivity contribution >= 4 is 34.8 Å². The topological polar surface area (TPSA) is 68.1 Å². The van der Waals surface area contributed by atoms with Gasteiger partial charge in [-0.2, -0.15) is 4.98 Å². The molecule has 1 aromatic carbocycles. The molecule has 0 amide bonds. The minimum absolute atomic E-state index is 0.347. The number of benzene rings is 1. The Balaban J connectivity index is 1.28. The van der Waals surface area contributed by atoms with Crippen molar-refractivity contribution in [2.75, 3.05) is 23.3 Å². The summed E-state index contributed by atoms with van der Waals surface area (Å²) in [6, 6.07) is 12.0. The molecule has 1 saturated heterocycles. The summed E-state index contributed by atoms with van der Waals surface area (Å²) < 4.78 is 7.49. The van der Waals surface area contributed by atoms with Gasteiger partial charge in [-0.3, -0.25) is 0 Å². The van der Waals surface area contributed by atoms with E-state index >= 15 is 0 Å². The predicted molar refractivity (Wildman–Crippen MR) is 118 cm³/mol. The summed E-state index contributed by atoms with van der Waals surface area (Å²) in [4.78, 5) is 11.1. The lowest BCUT2D eigenvalue weighted by Gasteiger charge is -2.39. The molecular formula is C21H22Cl2N6O. The molecule has 1 N–H and O–H groups in total. The minimum atomic E-state index is 0.347. The van der Waals surface area contributed by atoms with E-state index in [-0.39, 0.29) is 0 Å². The van der Waals surface area contributed by atoms with Crippen molar-refractivity contribution in [2.24, 2.45) is 18.9 Å². The summed E-state index contributed by atoms with van der Waals surface area (Å²) in [5, 5.41) is 9.23. The first kappa shape index (κ1) is 19.5. The average Bonchev–Trinajstić information content (AvgIpc) is 3.16. The number of ether oxygens (including phenoxy) is 1. The number of rotatable bonds is 5. The Morgan fingerprint density at radius 3 is 2.63 bits per heavy atom. The molecule has 3 aromatic rings. The van der Waals surface area contributed by atoms with Crippen molar-refractivity contribution in [3.05, 3.63) is 52.8 Å². The van der Waals surface area contributed by atoms with Gasteiger partial charge in [0.2, 0.25) is 5.95 Å². The maximum atomic E-state index is 6.08. The summed E-state index contributed by atoms with van der Waals surface area (Å²) in [5.41, 5.74) is 1.14. The number of piperidine rings is 1. The van der Waals surface area contributed by atoms with Crippen LogP contribution >= 0.6 is 23.2 Å². The Kier molecular flexibility index (Phi) is 5.16. The molecule has 0 spiro atoms. The first-order valence-corrected chi connectivity index (χ1v) is 10.8. The van der Waals surface area contributed by atoms with Gasteiger partial charge in [0.05, 0.1) is 0 Å². The molecule has 2 fully saturated rings. The molecule has 5 rings (SSSR count). The van der Waals surface area contributed by atoms with Gasteiger partial charge in [-0.25, -0.2) is 9.67 Å². The second-order valence-electron chi connectivity index (χ2n) is 7.91. The molecule has 2 aliphatic rings. The molecular weight excluding hydrogens is 423 g/mol. The number of aryl methyl sites for hydroxylation is 1. The van der Waals surface area contributed by atoms with Crippen LogP contribution in [0.5, 0.6) is 11.8 Å². The zero-order valence-electron chi connectivity index (χ0n) is 16.5. The maximum Gasteiger partial charge on any atom is 0.321 e. The number of halogens is 2. The highest BCUT2D eigenvalue weighted by Gasteiger charge is 2.42. The van der Waals surface area contributed by atoms with E-state index in [0.29, 0.717) is 45.8 Å². The van der Waals surface area contributed by atoms with Crippen molar-refractivity contribution in [3.8, 4) is 11.8 Å². The third-order valence-electron chi connectivity index (χ3n) is 5.93. The number of nitrogens with zero attached hydrogens (tertiary/aromatic N) is 5. The first-order valence-electron chi connectivity index (χ1n) is 10.0. The number of hydrogen-bond donors (Lipinski definition) is 1. The normalized spacial score (nSPS) is 22.9. The molecule has 0 radical (unpaired) electrons. The van der Waals surface area contributed by atoms with Crippen LogP contribution in [0.1, 0.15) is 12.8 Å². The van der Waals surface area contributed by atoms with Gasteiger partial charge in [0.15, 0.2) is 0 Å². The van der Waals surface area contributed by atoms with Crippen LogP contribution in [-0.4, -0.2) is 38.9 Å². The number of pyridine rings is 1. The van der Waals surface area contributed by atoms with Crippen molar-refractivity contribution in [1.29, 1.82) is 0 Å². The number of fused-ring (bicyclic) bond motifs is 2. The third-order valence-corrected chi connectivity index (χ3v) is 6.37. The monoisotopic (exact) mass is 444 g/mol. The Morgan fingerprint density at radius 1 is 1.10 bits per heavy atom. The lowest BCUT2D eigenvalue weighted by atomic mass is 9.92. The van der Waals surface area contributed by atoms with Gasteiger partial charge in [0, 0.05) is 43.1 Å². The molecule has 2 aromatic heterocycles. The molecule has 3 heterocycles. The first-order chi connectivity index (χ1) is 14.5. The van der Waals surface area contributed by atoms with Crippen molar-refractivity contribution in [1.82, 2.24) is 19.7 Å². The Labute approximate surface area is 185 Å². The van der Waals surface area contributed by atoms with Gasteiger partial charge in [-0.1, -0.05) is 29.3 Å². The van der Waals surface area contributed by atoms with Crippen molar-refractivity contribution in [2.45, 2.75) is 18.9 Å². The Hall–Kier alpha value is -2.51. The fraction of sp³-hybridized carbons (Fsp3) is 0.381. The summed E-state index contributed by atoms with van der Waals surface area (Å²) >= 11 is 12.1. The zero-order valence-corrected chi connectivity index (χ0v) is 18.0. The van der Waals surface area contributed by atoms with E-state index in [9.17, 15) is 0 Å². The molecule has 9 heteroatoms. The maximum absolute atomic E-state index is 6.08. The molecule has 2 bridgehead atoms. The van der Waals surface area contributed by atoms with Crippen molar-refractivity contribution in [3.63, 3.8) is 0 Å². The molecule has 1 aliphatic heterocycles. The number of nitrogens with one attached hydrogen (secondary N) is 1. The zero-order chi connectivity index (χ0) is 20.7. The van der Waals surface area contributed by atoms with E-state index in [0.717, 1.165) is 18.8 Å². The van der Waals surface area contributed by atoms with Gasteiger partial charge in [-0.15, -0.1) is 5.10 Å². The molecule has 1 aliphatic carbocycles. The minimum Gasteiger partial charge on any atom is -0.424 e. The largest absolute Gasteiger partial charge is 0.424 e. The van der Waals surface area contributed by atoms with E-state index < -0.39 is 0 Å². The number of aromatic nitrogens is 4. The molecule has 1 saturated carbocycles. The average molecular weight is 445 g/mol. The van der Waals surface area contributed by atoms with E-state index in [1.807, 2.05) is 31.3 Å². The van der Waals surface area contributed by atoms with Crippen LogP contribution in [0.15, 0.2) is 42.6 Å². The Morgan fingerprint density at radius 2 is 1.90 bits per heavy atom. The molecule has 7 nitrogen and oxygen atoms in total. The van der Waals surface area contributed by atoms with E-state index in [4.69, 9.17) is 27.9 Å². The highest BCUT2D eigenvalue weighted by Crippen LogP contribution is 2.40. The summed E-state index contributed by atoms with van der Waals surface area (Å²) in [6.45, 7) is 1.96. The van der Waals surface area contributed by atoms with Gasteiger partial charge >= 0.3 is 6.01 Å². The van der Waals surface area contributed by atoms with Gasteiger partial charge in [-0.05, 0) is 55.0 Å². The standard InChI is InChI=1S/C21H22Cl2N6O/c1-28-21(30-17-4-2-3-15(22)9-17)26-20(27-28)25-19-13-5-6-14(19)12-29(11-13)16-7-8-24-18(23)10-16/h2-4,7-10,13-14,19H,5-6,11-12H2,1H3,(H,25,27)/t13-,14+,19-. The second-order valence-corrected chi connectivity index (χ2v) is 8.73. The van der Waals surface area contributed by atoms with Crippen LogP contribution in [0.25, 0.3) is 0 Å². The van der Waals surface area contributed by atoms with Gasteiger partial charge in [0.25, 0.3) is 0 Å². The smallest absolute Gasteiger partial charge is 0.321 e. The second kappa shape index (κ2) is 7.96. The molecule has 3 atom stereocenters. The van der Waals surface area contributed by atoms with E-state index in [2.05, 4.69) is 25.3 Å². The molecule has 30 heavy (non-hydrogen) atoms. The van der Waals surface area contributed by atoms with E-state index in [1.165, 1.54) is 12.8 Å². The number of hydrogen-bond acceptors (Lipinski definition) is 6. The van der Waals surface area contributed by atoms with E-state index in [1.54, 1.807) is 23.0 Å². The van der Waals surface area contributed by atoms with Crippen LogP contribution in [0.2, 0.25) is 10.2 Å². The van der Waals surface area contributed by atoms with Gasteiger partial charge in [0.1, 0.15) is 10.9 Å². The van der Waals surface area contributed by atoms with Gasteiger partial charge < -0.3 is 15.0 Å². The Bertz CT molecular complexity index is 1040. The van der Waals surface area contributed by atoms with Crippen LogP contribution in [0.3, 0.4) is 0 Å². The quantitative estimate of drug-likeness (QED) is 0.578. The summed E-state index contributed by atoms with van der Waals surface area (Å²) in [7, 11) is 1.82. The summed E-state index contributed by atoms with van der Waals surface area (Å²) in [5.74, 6) is 2.28. The predicted octanol–water partition coefficient (Wildman–Crippen LogP) is 4.64. The fourth-order valence-electron chi connectivity index (χ4n) is 4.56. The lowest BCUT2D eigenvalue weighted by molar-refractivity contribution is 0.376. The SMILES string of the molecule is Cn1nc(N[C@@H]2[C@@H]3CC[C@H]2CN(c2ccnc(Cl)c2)C3)nc1Oc1cccc(Cl)c1.